The van der Waals surface area contributed by atoms with E-state index in [9.17, 15) is 4.39 Å². The summed E-state index contributed by atoms with van der Waals surface area (Å²) in [5, 5.41) is 7.75. The lowest BCUT2D eigenvalue weighted by atomic mass is 10.2. The molecule has 2 rings (SSSR count). The topological polar surface area (TPSA) is 38.9 Å². The zero-order chi connectivity index (χ0) is 10.8. The summed E-state index contributed by atoms with van der Waals surface area (Å²) < 4.78 is 18.7. The zero-order valence-electron chi connectivity index (χ0n) is 8.00. The van der Waals surface area contributed by atoms with Crippen molar-refractivity contribution in [2.45, 2.75) is 13.3 Å². The smallest absolute Gasteiger partial charge is 0.252 e. The molecular formula is C10H8ClFN2O. The predicted octanol–water partition coefficient (Wildman–Crippen LogP) is 3.09. The quantitative estimate of drug-likeness (QED) is 0.790. The molecule has 78 valence electrons. The maximum atomic E-state index is 13.4. The molecule has 0 fully saturated rings. The third kappa shape index (κ3) is 1.85. The Morgan fingerprint density at radius 2 is 2.20 bits per heavy atom. The standard InChI is InChI=1S/C10H8ClFN2O/c1-2-8-13-14-10(15-8)9-6(11)4-3-5-7(9)12/h3-5H,2H2,1H3. The fraction of sp³-hybridized carbons (Fsp3) is 0.200. The highest BCUT2D eigenvalue weighted by atomic mass is 35.5. The van der Waals surface area contributed by atoms with Crippen molar-refractivity contribution in [2.75, 3.05) is 0 Å². The highest BCUT2D eigenvalue weighted by Crippen LogP contribution is 2.29. The second kappa shape index (κ2) is 3.98. The first-order valence-electron chi connectivity index (χ1n) is 4.49. The van der Waals surface area contributed by atoms with Crippen molar-refractivity contribution in [2.24, 2.45) is 0 Å². The summed E-state index contributed by atoms with van der Waals surface area (Å²) in [7, 11) is 0. The van der Waals surface area contributed by atoms with E-state index in [1.54, 1.807) is 6.07 Å². The summed E-state index contributed by atoms with van der Waals surface area (Å²) in [6.07, 6.45) is 0.610. The minimum Gasteiger partial charge on any atom is -0.421 e. The van der Waals surface area contributed by atoms with Crippen LogP contribution in [0.15, 0.2) is 22.6 Å². The van der Waals surface area contributed by atoms with Gasteiger partial charge >= 0.3 is 0 Å². The molecule has 1 aromatic heterocycles. The van der Waals surface area contributed by atoms with Crippen molar-refractivity contribution >= 4 is 11.6 Å². The maximum Gasteiger partial charge on any atom is 0.252 e. The molecular weight excluding hydrogens is 219 g/mol. The number of halogens is 2. The highest BCUT2D eigenvalue weighted by molar-refractivity contribution is 6.33. The average Bonchev–Trinajstić information content (AvgIpc) is 2.66. The normalized spacial score (nSPS) is 10.6. The van der Waals surface area contributed by atoms with E-state index in [1.165, 1.54) is 12.1 Å². The minimum atomic E-state index is -0.464. The first-order chi connectivity index (χ1) is 7.22. The molecule has 0 aliphatic carbocycles. The van der Waals surface area contributed by atoms with Crippen LogP contribution in [-0.2, 0) is 6.42 Å². The molecule has 0 unspecified atom stereocenters. The molecule has 0 saturated heterocycles. The Morgan fingerprint density at radius 3 is 2.80 bits per heavy atom. The number of rotatable bonds is 2. The van der Waals surface area contributed by atoms with Crippen molar-refractivity contribution in [3.63, 3.8) is 0 Å². The second-order valence-corrected chi connectivity index (χ2v) is 3.36. The van der Waals surface area contributed by atoms with Crippen molar-refractivity contribution in [1.82, 2.24) is 10.2 Å². The molecule has 3 nitrogen and oxygen atoms in total. The van der Waals surface area contributed by atoms with Crippen LogP contribution < -0.4 is 0 Å². The molecule has 2 aromatic rings. The van der Waals surface area contributed by atoms with Gasteiger partial charge in [0.2, 0.25) is 5.89 Å². The fourth-order valence-corrected chi connectivity index (χ4v) is 1.44. The summed E-state index contributed by atoms with van der Waals surface area (Å²) >= 11 is 5.85. The van der Waals surface area contributed by atoms with E-state index < -0.39 is 5.82 Å². The van der Waals surface area contributed by atoms with Crippen LogP contribution in [-0.4, -0.2) is 10.2 Å². The third-order valence-corrected chi connectivity index (χ3v) is 2.26. The Balaban J connectivity index is 2.53. The Bertz CT molecular complexity index is 464. The lowest BCUT2D eigenvalue weighted by Gasteiger charge is -1.99. The molecule has 0 atom stereocenters. The van der Waals surface area contributed by atoms with Gasteiger partial charge in [0, 0.05) is 6.42 Å². The minimum absolute atomic E-state index is 0.120. The monoisotopic (exact) mass is 226 g/mol. The van der Waals surface area contributed by atoms with E-state index in [0.29, 0.717) is 12.3 Å². The molecule has 0 bridgehead atoms. The van der Waals surface area contributed by atoms with Crippen molar-refractivity contribution < 1.29 is 8.81 Å². The summed E-state index contributed by atoms with van der Waals surface area (Å²) in [4.78, 5) is 0. The Hall–Kier alpha value is -1.42. The van der Waals surface area contributed by atoms with Gasteiger partial charge in [-0.1, -0.05) is 24.6 Å². The lowest BCUT2D eigenvalue weighted by Crippen LogP contribution is -1.85. The van der Waals surface area contributed by atoms with E-state index in [4.69, 9.17) is 16.0 Å². The van der Waals surface area contributed by atoms with Gasteiger partial charge in [0.1, 0.15) is 5.82 Å². The fourth-order valence-electron chi connectivity index (χ4n) is 1.20. The van der Waals surface area contributed by atoms with E-state index in [2.05, 4.69) is 10.2 Å². The number of hydrogen-bond donors (Lipinski definition) is 0. The molecule has 0 amide bonds. The van der Waals surface area contributed by atoms with Gasteiger partial charge in [0.05, 0.1) is 10.6 Å². The average molecular weight is 227 g/mol. The summed E-state index contributed by atoms with van der Waals surface area (Å²) in [5.74, 6) is 0.119. The van der Waals surface area contributed by atoms with E-state index >= 15 is 0 Å². The highest BCUT2D eigenvalue weighted by Gasteiger charge is 2.15. The van der Waals surface area contributed by atoms with Crippen molar-refractivity contribution in [1.29, 1.82) is 0 Å². The van der Waals surface area contributed by atoms with Gasteiger partial charge in [-0.15, -0.1) is 10.2 Å². The van der Waals surface area contributed by atoms with Crippen LogP contribution in [0.3, 0.4) is 0 Å². The van der Waals surface area contributed by atoms with Crippen LogP contribution in [0, 0.1) is 5.82 Å². The zero-order valence-corrected chi connectivity index (χ0v) is 8.75. The van der Waals surface area contributed by atoms with Crippen molar-refractivity contribution in [3.8, 4) is 11.5 Å². The van der Waals surface area contributed by atoms with Gasteiger partial charge in [0.25, 0.3) is 5.89 Å². The molecule has 1 aromatic carbocycles. The van der Waals surface area contributed by atoms with Crippen LogP contribution >= 0.6 is 11.6 Å². The molecule has 1 heterocycles. The van der Waals surface area contributed by atoms with Crippen LogP contribution in [0.25, 0.3) is 11.5 Å². The van der Waals surface area contributed by atoms with Crippen LogP contribution in [0.5, 0.6) is 0 Å². The second-order valence-electron chi connectivity index (χ2n) is 2.95. The van der Waals surface area contributed by atoms with Crippen LogP contribution in [0.4, 0.5) is 4.39 Å². The number of nitrogens with zero attached hydrogens (tertiary/aromatic N) is 2. The van der Waals surface area contributed by atoms with Gasteiger partial charge in [-0.05, 0) is 12.1 Å². The first-order valence-corrected chi connectivity index (χ1v) is 4.87. The predicted molar refractivity (Wildman–Crippen MR) is 54.1 cm³/mol. The number of aryl methyl sites for hydroxylation is 1. The van der Waals surface area contributed by atoms with Crippen molar-refractivity contribution in [3.05, 3.63) is 34.9 Å². The van der Waals surface area contributed by atoms with Gasteiger partial charge < -0.3 is 4.42 Å². The molecule has 0 saturated carbocycles. The summed E-state index contributed by atoms with van der Waals surface area (Å²) in [6, 6.07) is 4.41. The number of aromatic nitrogens is 2. The molecule has 0 N–H and O–H groups in total. The van der Waals surface area contributed by atoms with E-state index in [0.717, 1.165) is 0 Å². The Kier molecular flexibility index (Phi) is 2.68. The van der Waals surface area contributed by atoms with Gasteiger partial charge in [0.15, 0.2) is 0 Å². The van der Waals surface area contributed by atoms with Crippen LogP contribution in [0.1, 0.15) is 12.8 Å². The molecule has 0 radical (unpaired) electrons. The lowest BCUT2D eigenvalue weighted by molar-refractivity contribution is 0.508. The summed E-state index contributed by atoms with van der Waals surface area (Å²) in [6.45, 7) is 1.88. The van der Waals surface area contributed by atoms with E-state index in [-0.39, 0.29) is 16.5 Å². The molecule has 0 aliphatic rings. The number of benzene rings is 1. The molecule has 0 spiro atoms. The Morgan fingerprint density at radius 1 is 1.40 bits per heavy atom. The number of hydrogen-bond acceptors (Lipinski definition) is 3. The largest absolute Gasteiger partial charge is 0.421 e. The van der Waals surface area contributed by atoms with Gasteiger partial charge in [-0.25, -0.2) is 4.39 Å². The first kappa shape index (κ1) is 10.1. The van der Waals surface area contributed by atoms with Gasteiger partial charge in [-0.2, -0.15) is 0 Å². The van der Waals surface area contributed by atoms with E-state index in [1.807, 2.05) is 6.92 Å². The third-order valence-electron chi connectivity index (χ3n) is 1.95. The Labute approximate surface area is 90.9 Å². The molecule has 5 heteroatoms. The van der Waals surface area contributed by atoms with Gasteiger partial charge in [-0.3, -0.25) is 0 Å². The summed E-state index contributed by atoms with van der Waals surface area (Å²) in [5.41, 5.74) is 0.159. The molecule has 15 heavy (non-hydrogen) atoms. The maximum absolute atomic E-state index is 13.4. The SMILES string of the molecule is CCc1nnc(-c2c(F)cccc2Cl)o1. The molecule has 0 aliphatic heterocycles. The van der Waals surface area contributed by atoms with Crippen LogP contribution in [0.2, 0.25) is 5.02 Å².